The molecule has 0 amide bonds. The molecule has 0 heterocycles. The predicted octanol–water partition coefficient (Wildman–Crippen LogP) is 2.96. The van der Waals surface area contributed by atoms with Gasteiger partial charge in [0, 0.05) is 12.8 Å². The average molecular weight is 260 g/mol. The highest BCUT2D eigenvalue weighted by Crippen LogP contribution is 2.40. The number of alkyl halides is 2. The second-order valence-electron chi connectivity index (χ2n) is 4.58. The van der Waals surface area contributed by atoms with Crippen molar-refractivity contribution in [1.29, 1.82) is 0 Å². The van der Waals surface area contributed by atoms with Crippen molar-refractivity contribution in [3.8, 4) is 0 Å². The van der Waals surface area contributed by atoms with E-state index in [0.29, 0.717) is 0 Å². The van der Waals surface area contributed by atoms with E-state index in [2.05, 4.69) is 0 Å². The highest BCUT2D eigenvalue weighted by molar-refractivity contribution is 7.92. The van der Waals surface area contributed by atoms with Crippen LogP contribution in [0.5, 0.6) is 0 Å². The van der Waals surface area contributed by atoms with E-state index in [-0.39, 0.29) is 17.7 Å². The molecular weight excluding hydrogens is 246 g/mol. The van der Waals surface area contributed by atoms with Gasteiger partial charge in [0.25, 0.3) is 0 Å². The van der Waals surface area contributed by atoms with Crippen LogP contribution in [0.15, 0.2) is 29.2 Å². The lowest BCUT2D eigenvalue weighted by Gasteiger charge is -2.12. The third kappa shape index (κ3) is 2.49. The van der Waals surface area contributed by atoms with E-state index < -0.39 is 27.4 Å². The van der Waals surface area contributed by atoms with E-state index in [1.165, 1.54) is 12.1 Å². The number of hydrogen-bond acceptors (Lipinski definition) is 2. The van der Waals surface area contributed by atoms with Gasteiger partial charge >= 0.3 is 0 Å². The van der Waals surface area contributed by atoms with E-state index in [9.17, 15) is 17.2 Å². The summed E-state index contributed by atoms with van der Waals surface area (Å²) in [5.74, 6) is -2.83. The summed E-state index contributed by atoms with van der Waals surface area (Å²) >= 11 is 0. The Morgan fingerprint density at radius 1 is 1.24 bits per heavy atom. The lowest BCUT2D eigenvalue weighted by molar-refractivity contribution is 0.00955. The van der Waals surface area contributed by atoms with Gasteiger partial charge in [-0.1, -0.05) is 17.7 Å². The zero-order chi connectivity index (χ0) is 12.7. The first-order valence-corrected chi connectivity index (χ1v) is 7.04. The topological polar surface area (TPSA) is 34.1 Å². The molecule has 0 spiro atoms. The van der Waals surface area contributed by atoms with Gasteiger partial charge in [-0.3, -0.25) is 0 Å². The molecule has 0 radical (unpaired) electrons. The van der Waals surface area contributed by atoms with Crippen LogP contribution in [0.25, 0.3) is 0 Å². The molecule has 2 nitrogen and oxygen atoms in total. The van der Waals surface area contributed by atoms with Gasteiger partial charge in [-0.25, -0.2) is 17.2 Å². The number of rotatable bonds is 2. The van der Waals surface area contributed by atoms with Gasteiger partial charge in [0.05, 0.1) is 10.1 Å². The summed E-state index contributed by atoms with van der Waals surface area (Å²) in [6, 6.07) is 6.34. The Morgan fingerprint density at radius 3 is 2.29 bits per heavy atom. The van der Waals surface area contributed by atoms with Crippen molar-refractivity contribution in [3.63, 3.8) is 0 Å². The van der Waals surface area contributed by atoms with Crippen molar-refractivity contribution in [3.05, 3.63) is 29.8 Å². The Labute approximate surface area is 99.6 Å². The summed E-state index contributed by atoms with van der Waals surface area (Å²) in [7, 11) is -3.61. The van der Waals surface area contributed by atoms with Crippen LogP contribution in [0, 0.1) is 6.92 Å². The maximum Gasteiger partial charge on any atom is 0.249 e. The first kappa shape index (κ1) is 12.5. The van der Waals surface area contributed by atoms with E-state index in [4.69, 9.17) is 0 Å². The molecule has 5 heteroatoms. The molecule has 0 bridgehead atoms. The summed E-state index contributed by atoms with van der Waals surface area (Å²) in [5, 5.41) is -0.944. The fourth-order valence-electron chi connectivity index (χ4n) is 2.09. The van der Waals surface area contributed by atoms with Crippen molar-refractivity contribution in [1.82, 2.24) is 0 Å². The number of sulfone groups is 1. The summed E-state index contributed by atoms with van der Waals surface area (Å²) in [4.78, 5) is 0.144. The lowest BCUT2D eigenvalue weighted by Crippen LogP contribution is -2.21. The van der Waals surface area contributed by atoms with Crippen LogP contribution in [0.2, 0.25) is 0 Å². The average Bonchev–Trinajstić information content (AvgIpc) is 2.60. The Balaban J connectivity index is 2.29. The minimum Gasteiger partial charge on any atom is -0.223 e. The SMILES string of the molecule is Cc1ccc(S(=O)(=O)C2CCC(F)(F)C2)cc1. The molecule has 0 aromatic heterocycles. The Kier molecular flexibility index (Phi) is 2.97. The molecule has 1 saturated carbocycles. The quantitative estimate of drug-likeness (QED) is 0.819. The van der Waals surface area contributed by atoms with Gasteiger partial charge in [-0.2, -0.15) is 0 Å². The molecule has 2 rings (SSSR count). The first-order valence-electron chi connectivity index (χ1n) is 5.50. The van der Waals surface area contributed by atoms with Gasteiger partial charge < -0.3 is 0 Å². The normalized spacial score (nSPS) is 23.8. The van der Waals surface area contributed by atoms with Crippen LogP contribution in [-0.2, 0) is 9.84 Å². The molecule has 0 saturated heterocycles. The summed E-state index contributed by atoms with van der Waals surface area (Å²) in [6.45, 7) is 1.85. The molecule has 1 aliphatic rings. The molecule has 1 atom stereocenters. The van der Waals surface area contributed by atoms with Crippen molar-refractivity contribution >= 4 is 9.84 Å². The zero-order valence-corrected chi connectivity index (χ0v) is 10.3. The molecule has 0 N–H and O–H groups in total. The van der Waals surface area contributed by atoms with Gasteiger partial charge in [0.15, 0.2) is 9.84 Å². The standard InChI is InChI=1S/C12H14F2O2S/c1-9-2-4-10(5-3-9)17(15,16)11-6-7-12(13,14)8-11/h2-5,11H,6-8H2,1H3. The van der Waals surface area contributed by atoms with Crippen LogP contribution in [0.1, 0.15) is 24.8 Å². The number of hydrogen-bond donors (Lipinski definition) is 0. The zero-order valence-electron chi connectivity index (χ0n) is 9.49. The van der Waals surface area contributed by atoms with Crippen molar-refractivity contribution in [2.45, 2.75) is 42.3 Å². The highest BCUT2D eigenvalue weighted by atomic mass is 32.2. The third-order valence-electron chi connectivity index (χ3n) is 3.15. The molecule has 1 unspecified atom stereocenters. The van der Waals surface area contributed by atoms with Crippen molar-refractivity contribution in [2.75, 3.05) is 0 Å². The minimum atomic E-state index is -3.61. The molecule has 1 aliphatic carbocycles. The van der Waals surface area contributed by atoms with E-state index in [1.54, 1.807) is 12.1 Å². The Bertz CT molecular complexity index is 506. The highest BCUT2D eigenvalue weighted by Gasteiger charge is 2.45. The fraction of sp³-hybridized carbons (Fsp3) is 0.500. The Hall–Kier alpha value is -0.970. The molecule has 1 aromatic carbocycles. The van der Waals surface area contributed by atoms with E-state index in [0.717, 1.165) is 5.56 Å². The van der Waals surface area contributed by atoms with E-state index in [1.807, 2.05) is 6.92 Å². The minimum absolute atomic E-state index is 0.0449. The van der Waals surface area contributed by atoms with Crippen LogP contribution in [-0.4, -0.2) is 19.6 Å². The van der Waals surface area contributed by atoms with Gasteiger partial charge in [-0.05, 0) is 25.5 Å². The maximum absolute atomic E-state index is 13.0. The van der Waals surface area contributed by atoms with Crippen LogP contribution < -0.4 is 0 Å². The summed E-state index contributed by atoms with van der Waals surface area (Å²) in [6.07, 6.45) is -0.838. The Morgan fingerprint density at radius 2 is 1.82 bits per heavy atom. The van der Waals surface area contributed by atoms with Crippen LogP contribution >= 0.6 is 0 Å². The molecule has 1 fully saturated rings. The van der Waals surface area contributed by atoms with Crippen LogP contribution in [0.3, 0.4) is 0 Å². The lowest BCUT2D eigenvalue weighted by atomic mass is 10.2. The number of halogens is 2. The van der Waals surface area contributed by atoms with Gasteiger partial charge in [0.1, 0.15) is 0 Å². The number of benzene rings is 1. The number of aryl methyl sites for hydroxylation is 1. The van der Waals surface area contributed by atoms with Crippen LogP contribution in [0.4, 0.5) is 8.78 Å². The molecule has 94 valence electrons. The predicted molar refractivity (Wildman–Crippen MR) is 61.0 cm³/mol. The molecule has 17 heavy (non-hydrogen) atoms. The van der Waals surface area contributed by atoms with Gasteiger partial charge in [0.2, 0.25) is 5.92 Å². The van der Waals surface area contributed by atoms with E-state index >= 15 is 0 Å². The second kappa shape index (κ2) is 4.05. The van der Waals surface area contributed by atoms with Crippen molar-refractivity contribution < 1.29 is 17.2 Å². The maximum atomic E-state index is 13.0. The van der Waals surface area contributed by atoms with Crippen molar-refractivity contribution in [2.24, 2.45) is 0 Å². The largest absolute Gasteiger partial charge is 0.249 e. The third-order valence-corrected chi connectivity index (χ3v) is 5.36. The summed E-state index contributed by atoms with van der Waals surface area (Å²) < 4.78 is 50.3. The monoisotopic (exact) mass is 260 g/mol. The summed E-state index contributed by atoms with van der Waals surface area (Å²) in [5.41, 5.74) is 0.945. The second-order valence-corrected chi connectivity index (χ2v) is 6.81. The first-order chi connectivity index (χ1) is 7.81. The van der Waals surface area contributed by atoms with Gasteiger partial charge in [-0.15, -0.1) is 0 Å². The molecule has 0 aliphatic heterocycles. The molecule has 1 aromatic rings. The fourth-order valence-corrected chi connectivity index (χ4v) is 3.89. The molecular formula is C12H14F2O2S. The smallest absolute Gasteiger partial charge is 0.223 e.